The zero-order valence-electron chi connectivity index (χ0n) is 23.8. The number of carbonyl (C=O) groups excluding carboxylic acids is 2. The van der Waals surface area contributed by atoms with Crippen molar-refractivity contribution in [3.8, 4) is 5.75 Å². The van der Waals surface area contributed by atoms with Gasteiger partial charge >= 0.3 is 6.09 Å². The van der Waals surface area contributed by atoms with Crippen molar-refractivity contribution in [3.05, 3.63) is 89.1 Å². The summed E-state index contributed by atoms with van der Waals surface area (Å²) in [6, 6.07) is 17.1. The van der Waals surface area contributed by atoms with Crippen LogP contribution in [-0.4, -0.2) is 43.7 Å². The third kappa shape index (κ3) is 6.58. The topological polar surface area (TPSA) is 147 Å². The molecule has 10 nitrogen and oxygen atoms in total. The van der Waals surface area contributed by atoms with Gasteiger partial charge < -0.3 is 19.5 Å². The minimum absolute atomic E-state index is 0. The van der Waals surface area contributed by atoms with Gasteiger partial charge in [0.15, 0.2) is 0 Å². The summed E-state index contributed by atoms with van der Waals surface area (Å²) in [5, 5.41) is 3.81. The number of aryl methyl sites for hydroxylation is 2. The van der Waals surface area contributed by atoms with E-state index < -0.39 is 22.0 Å². The molecule has 1 aliphatic carbocycles. The molecule has 0 unspecified atom stereocenters. The standard InChI is InChI=1S/C31H33N3O6S.H2O/c1-20-8-4-7-11-29(20)41(37,38)33-30(35)22-13-12-21(28(17-22)39-3)16-23-19-34(2)27-15-14-24(18-26(23)27)32-31(36)40-25-9-5-6-10-25;/h4,7-8,11-15,17-19,25H,5-6,9-10,16H2,1-3H3,(H,32,36)(H,33,35);1H2. The van der Waals surface area contributed by atoms with E-state index in [2.05, 4.69) is 10.0 Å². The molecule has 4 N–H and O–H groups in total. The highest BCUT2D eigenvalue weighted by Crippen LogP contribution is 2.30. The van der Waals surface area contributed by atoms with Gasteiger partial charge in [-0.25, -0.2) is 17.9 Å². The van der Waals surface area contributed by atoms with E-state index in [4.69, 9.17) is 9.47 Å². The van der Waals surface area contributed by atoms with E-state index >= 15 is 0 Å². The molecule has 1 heterocycles. The van der Waals surface area contributed by atoms with Crippen LogP contribution in [-0.2, 0) is 28.2 Å². The second-order valence-electron chi connectivity index (χ2n) is 10.3. The van der Waals surface area contributed by atoms with Crippen molar-refractivity contribution in [2.75, 3.05) is 12.4 Å². The molecule has 42 heavy (non-hydrogen) atoms. The third-order valence-electron chi connectivity index (χ3n) is 7.43. The molecule has 1 aliphatic rings. The number of ether oxygens (including phenoxy) is 2. The summed E-state index contributed by atoms with van der Waals surface area (Å²) < 4.78 is 40.9. The largest absolute Gasteiger partial charge is 0.496 e. The first-order valence-corrected chi connectivity index (χ1v) is 15.0. The molecule has 0 spiro atoms. The van der Waals surface area contributed by atoms with Gasteiger partial charge in [0, 0.05) is 41.8 Å². The average Bonchev–Trinajstić information content (AvgIpc) is 3.56. The van der Waals surface area contributed by atoms with Crippen LogP contribution < -0.4 is 14.8 Å². The first-order valence-electron chi connectivity index (χ1n) is 13.5. The van der Waals surface area contributed by atoms with E-state index in [1.807, 2.05) is 36.0 Å². The Bertz CT molecular complexity index is 1720. The molecule has 2 amide bonds. The molecule has 11 heteroatoms. The zero-order valence-corrected chi connectivity index (χ0v) is 24.6. The SMILES string of the molecule is COc1cc(C(=O)NS(=O)(=O)c2ccccc2C)ccc1Cc1cn(C)c2ccc(NC(=O)OC3CCCC3)cc12.O. The Morgan fingerprint density at radius 1 is 1.00 bits per heavy atom. The summed E-state index contributed by atoms with van der Waals surface area (Å²) in [4.78, 5) is 25.4. The molecular formula is C31H35N3O7S. The van der Waals surface area contributed by atoms with E-state index in [9.17, 15) is 18.0 Å². The second kappa shape index (κ2) is 12.7. The number of rotatable bonds is 8. The number of sulfonamides is 1. The average molecular weight is 594 g/mol. The van der Waals surface area contributed by atoms with Crippen LogP contribution >= 0.6 is 0 Å². The van der Waals surface area contributed by atoms with E-state index in [1.54, 1.807) is 37.3 Å². The lowest BCUT2D eigenvalue weighted by atomic mass is 10.0. The van der Waals surface area contributed by atoms with Gasteiger partial charge in [-0.05, 0) is 85.7 Å². The number of hydrogen-bond donors (Lipinski definition) is 2. The van der Waals surface area contributed by atoms with Crippen molar-refractivity contribution in [2.24, 2.45) is 7.05 Å². The van der Waals surface area contributed by atoms with Crippen LogP contribution in [0.2, 0.25) is 0 Å². The van der Waals surface area contributed by atoms with Gasteiger partial charge in [-0.2, -0.15) is 0 Å². The smallest absolute Gasteiger partial charge is 0.411 e. The Hall–Kier alpha value is -4.35. The van der Waals surface area contributed by atoms with Crippen molar-refractivity contribution in [1.29, 1.82) is 0 Å². The zero-order chi connectivity index (χ0) is 29.1. The number of methoxy groups -OCH3 is 1. The summed E-state index contributed by atoms with van der Waals surface area (Å²) in [5.74, 6) is -0.291. The molecule has 1 saturated carbocycles. The summed E-state index contributed by atoms with van der Waals surface area (Å²) in [7, 11) is -0.583. The molecule has 1 fully saturated rings. The number of carbonyl (C=O) groups is 2. The maximum Gasteiger partial charge on any atom is 0.411 e. The molecule has 5 rings (SSSR count). The Labute approximate surface area is 245 Å². The van der Waals surface area contributed by atoms with Gasteiger partial charge in [0.05, 0.1) is 12.0 Å². The van der Waals surface area contributed by atoms with Crippen LogP contribution in [0.4, 0.5) is 10.5 Å². The number of benzene rings is 3. The maximum absolute atomic E-state index is 12.9. The summed E-state index contributed by atoms with van der Waals surface area (Å²) >= 11 is 0. The first-order chi connectivity index (χ1) is 19.6. The minimum atomic E-state index is -4.04. The quantitative estimate of drug-likeness (QED) is 0.298. The fourth-order valence-electron chi connectivity index (χ4n) is 5.33. The lowest BCUT2D eigenvalue weighted by molar-refractivity contribution is 0.0980. The monoisotopic (exact) mass is 593 g/mol. The molecule has 0 radical (unpaired) electrons. The molecule has 0 atom stereocenters. The van der Waals surface area contributed by atoms with Crippen molar-refractivity contribution in [3.63, 3.8) is 0 Å². The van der Waals surface area contributed by atoms with E-state index in [0.29, 0.717) is 23.4 Å². The normalized spacial score (nSPS) is 13.4. The minimum Gasteiger partial charge on any atom is -0.496 e. The Morgan fingerprint density at radius 3 is 2.45 bits per heavy atom. The lowest BCUT2D eigenvalue weighted by Crippen LogP contribution is -2.31. The van der Waals surface area contributed by atoms with Crippen LogP contribution in [0.15, 0.2) is 71.8 Å². The van der Waals surface area contributed by atoms with E-state index in [1.165, 1.54) is 19.2 Å². The number of amides is 2. The molecule has 4 aromatic rings. The summed E-state index contributed by atoms with van der Waals surface area (Å²) in [6.07, 6.45) is 6.00. The predicted molar refractivity (Wildman–Crippen MR) is 161 cm³/mol. The van der Waals surface area contributed by atoms with Crippen molar-refractivity contribution in [1.82, 2.24) is 9.29 Å². The number of anilines is 1. The van der Waals surface area contributed by atoms with Gasteiger partial charge in [-0.3, -0.25) is 10.1 Å². The molecule has 3 aromatic carbocycles. The number of nitrogens with one attached hydrogen (secondary N) is 2. The molecular weight excluding hydrogens is 558 g/mol. The molecule has 0 bridgehead atoms. The number of hydrogen-bond acceptors (Lipinski definition) is 6. The first kappa shape index (κ1) is 30.6. The maximum atomic E-state index is 12.9. The molecule has 1 aromatic heterocycles. The number of nitrogens with zero attached hydrogens (tertiary/aromatic N) is 1. The highest BCUT2D eigenvalue weighted by Gasteiger charge is 2.22. The highest BCUT2D eigenvalue weighted by atomic mass is 32.2. The van der Waals surface area contributed by atoms with Gasteiger partial charge in [-0.1, -0.05) is 24.3 Å². The lowest BCUT2D eigenvalue weighted by Gasteiger charge is -2.13. The summed E-state index contributed by atoms with van der Waals surface area (Å²) in [5.41, 5.74) is 4.14. The Kier molecular flexibility index (Phi) is 9.23. The molecule has 0 saturated heterocycles. The van der Waals surface area contributed by atoms with Gasteiger partial charge in [-0.15, -0.1) is 0 Å². The predicted octanol–water partition coefficient (Wildman–Crippen LogP) is 4.87. The van der Waals surface area contributed by atoms with Crippen LogP contribution in [0.1, 0.15) is 52.7 Å². The highest BCUT2D eigenvalue weighted by molar-refractivity contribution is 7.90. The fraction of sp³-hybridized carbons (Fsp3) is 0.290. The van der Waals surface area contributed by atoms with Gasteiger partial charge in [0.1, 0.15) is 11.9 Å². The Morgan fingerprint density at radius 2 is 1.74 bits per heavy atom. The summed E-state index contributed by atoms with van der Waals surface area (Å²) in [6.45, 7) is 1.67. The fourth-order valence-corrected chi connectivity index (χ4v) is 6.55. The van der Waals surface area contributed by atoms with Gasteiger partial charge in [0.2, 0.25) is 0 Å². The Balaban J connectivity index is 0.00000405. The van der Waals surface area contributed by atoms with Gasteiger partial charge in [0.25, 0.3) is 15.9 Å². The number of aromatic nitrogens is 1. The van der Waals surface area contributed by atoms with Crippen molar-refractivity contribution in [2.45, 2.75) is 50.0 Å². The van der Waals surface area contributed by atoms with Crippen molar-refractivity contribution >= 4 is 38.6 Å². The van der Waals surface area contributed by atoms with E-state index in [-0.39, 0.29) is 22.0 Å². The molecule has 0 aliphatic heterocycles. The second-order valence-corrected chi connectivity index (χ2v) is 12.0. The molecule has 222 valence electrons. The van der Waals surface area contributed by atoms with E-state index in [0.717, 1.165) is 47.7 Å². The van der Waals surface area contributed by atoms with Crippen LogP contribution in [0.3, 0.4) is 0 Å². The number of fused-ring (bicyclic) bond motifs is 1. The van der Waals surface area contributed by atoms with Crippen molar-refractivity contribution < 1.29 is 33.0 Å². The van der Waals surface area contributed by atoms with Crippen LogP contribution in [0.5, 0.6) is 5.75 Å². The van der Waals surface area contributed by atoms with Crippen LogP contribution in [0, 0.1) is 6.92 Å². The third-order valence-corrected chi connectivity index (χ3v) is 8.93. The van der Waals surface area contributed by atoms with Crippen LogP contribution in [0.25, 0.3) is 10.9 Å².